The minimum atomic E-state index is -0.417. The summed E-state index contributed by atoms with van der Waals surface area (Å²) in [6.07, 6.45) is 0.199. The molecular weight excluding hydrogens is 309 g/mol. The fourth-order valence-electron chi connectivity index (χ4n) is 2.45. The van der Waals surface area contributed by atoms with Gasteiger partial charge in [0.1, 0.15) is 6.61 Å². The molecule has 0 aliphatic carbocycles. The summed E-state index contributed by atoms with van der Waals surface area (Å²) in [4.78, 5) is 12.2. The van der Waals surface area contributed by atoms with Crippen molar-refractivity contribution in [2.45, 2.75) is 19.4 Å². The van der Waals surface area contributed by atoms with Crippen LogP contribution in [0.25, 0.3) is 10.9 Å². The highest BCUT2D eigenvalue weighted by Crippen LogP contribution is 2.16. The lowest BCUT2D eigenvalue weighted by Crippen LogP contribution is -2.37. The van der Waals surface area contributed by atoms with Crippen molar-refractivity contribution in [3.8, 4) is 5.75 Å². The number of nitrogens with one attached hydrogen (secondary N) is 2. The van der Waals surface area contributed by atoms with E-state index < -0.39 is 5.82 Å². The molecule has 0 unspecified atom stereocenters. The SMILES string of the molecule is C[C@H](COc1ccccc1F)NC(=O)Cc1[nH]nc2ccccc12. The monoisotopic (exact) mass is 327 g/mol. The highest BCUT2D eigenvalue weighted by atomic mass is 19.1. The van der Waals surface area contributed by atoms with Gasteiger partial charge < -0.3 is 10.1 Å². The first-order valence-electron chi connectivity index (χ1n) is 7.72. The van der Waals surface area contributed by atoms with E-state index in [4.69, 9.17) is 4.74 Å². The summed E-state index contributed by atoms with van der Waals surface area (Å²) in [7, 11) is 0. The molecule has 5 nitrogen and oxygen atoms in total. The van der Waals surface area contributed by atoms with Crippen molar-refractivity contribution in [3.63, 3.8) is 0 Å². The van der Waals surface area contributed by atoms with Crippen LogP contribution in [-0.2, 0) is 11.2 Å². The number of halogens is 1. The lowest BCUT2D eigenvalue weighted by molar-refractivity contribution is -0.121. The van der Waals surface area contributed by atoms with Gasteiger partial charge in [-0.15, -0.1) is 0 Å². The van der Waals surface area contributed by atoms with E-state index in [-0.39, 0.29) is 30.7 Å². The van der Waals surface area contributed by atoms with Crippen LogP contribution in [0.1, 0.15) is 12.6 Å². The van der Waals surface area contributed by atoms with Gasteiger partial charge in [0, 0.05) is 5.39 Å². The minimum absolute atomic E-state index is 0.144. The molecule has 0 aliphatic rings. The van der Waals surface area contributed by atoms with Gasteiger partial charge in [0.15, 0.2) is 11.6 Å². The molecule has 1 amide bonds. The Morgan fingerprint density at radius 2 is 2.00 bits per heavy atom. The molecule has 0 radical (unpaired) electrons. The summed E-state index contributed by atoms with van der Waals surface area (Å²) in [6, 6.07) is 13.6. The molecule has 0 saturated heterocycles. The number of hydrogen-bond acceptors (Lipinski definition) is 3. The number of carbonyl (C=O) groups excluding carboxylic acids is 1. The molecule has 2 N–H and O–H groups in total. The maximum atomic E-state index is 13.5. The third-order valence-corrected chi connectivity index (χ3v) is 3.61. The van der Waals surface area contributed by atoms with E-state index in [0.29, 0.717) is 0 Å². The zero-order chi connectivity index (χ0) is 16.9. The summed E-state index contributed by atoms with van der Waals surface area (Å²) < 4.78 is 18.9. The van der Waals surface area contributed by atoms with Gasteiger partial charge >= 0.3 is 0 Å². The number of benzene rings is 2. The third-order valence-electron chi connectivity index (χ3n) is 3.61. The lowest BCUT2D eigenvalue weighted by atomic mass is 10.1. The number of fused-ring (bicyclic) bond motifs is 1. The zero-order valence-corrected chi connectivity index (χ0v) is 13.3. The maximum Gasteiger partial charge on any atom is 0.226 e. The van der Waals surface area contributed by atoms with Crippen LogP contribution in [-0.4, -0.2) is 28.8 Å². The Bertz CT molecular complexity index is 847. The minimum Gasteiger partial charge on any atom is -0.488 e. The number of nitrogens with zero attached hydrogens (tertiary/aromatic N) is 1. The van der Waals surface area contributed by atoms with Crippen LogP contribution in [0.2, 0.25) is 0 Å². The number of para-hydroxylation sites is 2. The summed E-state index contributed by atoms with van der Waals surface area (Å²) in [5.74, 6) is -0.382. The third kappa shape index (κ3) is 3.71. The number of amides is 1. The molecule has 1 heterocycles. The Morgan fingerprint density at radius 3 is 2.83 bits per heavy atom. The van der Waals surface area contributed by atoms with Crippen LogP contribution in [0.5, 0.6) is 5.75 Å². The topological polar surface area (TPSA) is 67.0 Å². The van der Waals surface area contributed by atoms with E-state index >= 15 is 0 Å². The Hall–Kier alpha value is -2.89. The summed E-state index contributed by atoms with van der Waals surface area (Å²) >= 11 is 0. The van der Waals surface area contributed by atoms with Gasteiger partial charge in [0.2, 0.25) is 5.91 Å². The molecule has 0 fully saturated rings. The molecule has 0 spiro atoms. The van der Waals surface area contributed by atoms with Crippen molar-refractivity contribution in [1.29, 1.82) is 0 Å². The van der Waals surface area contributed by atoms with Crippen molar-refractivity contribution in [3.05, 3.63) is 60.0 Å². The van der Waals surface area contributed by atoms with Gasteiger partial charge in [-0.25, -0.2) is 4.39 Å². The van der Waals surface area contributed by atoms with Gasteiger partial charge in [0.25, 0.3) is 0 Å². The molecule has 2 aromatic carbocycles. The van der Waals surface area contributed by atoms with Gasteiger partial charge in [-0.2, -0.15) is 5.10 Å². The Balaban J connectivity index is 1.54. The summed E-state index contributed by atoms with van der Waals surface area (Å²) in [6.45, 7) is 2.00. The zero-order valence-electron chi connectivity index (χ0n) is 13.3. The van der Waals surface area contributed by atoms with Gasteiger partial charge in [-0.1, -0.05) is 30.3 Å². The number of aromatic amines is 1. The van der Waals surface area contributed by atoms with Crippen LogP contribution >= 0.6 is 0 Å². The second kappa shape index (κ2) is 7.12. The lowest BCUT2D eigenvalue weighted by Gasteiger charge is -2.15. The number of H-pyrrole nitrogens is 1. The molecule has 0 aliphatic heterocycles. The Kier molecular flexibility index (Phi) is 4.74. The number of ether oxygens (including phenoxy) is 1. The van der Waals surface area contributed by atoms with Crippen molar-refractivity contribution in [2.75, 3.05) is 6.61 Å². The van der Waals surface area contributed by atoms with Gasteiger partial charge in [0.05, 0.1) is 23.7 Å². The molecule has 0 bridgehead atoms. The predicted octanol–water partition coefficient (Wildman–Crippen LogP) is 2.83. The molecular formula is C18H18FN3O2. The molecule has 3 rings (SSSR count). The van der Waals surface area contributed by atoms with E-state index in [1.807, 2.05) is 31.2 Å². The first-order chi connectivity index (χ1) is 11.6. The summed E-state index contributed by atoms with van der Waals surface area (Å²) in [5.41, 5.74) is 1.60. The van der Waals surface area contributed by atoms with E-state index in [1.165, 1.54) is 6.07 Å². The number of aromatic nitrogens is 2. The molecule has 1 atom stereocenters. The second-order valence-electron chi connectivity index (χ2n) is 5.61. The molecule has 3 aromatic rings. The highest BCUT2D eigenvalue weighted by molar-refractivity contribution is 5.87. The van der Waals surface area contributed by atoms with Crippen molar-refractivity contribution < 1.29 is 13.9 Å². The standard InChI is InChI=1S/C18H18FN3O2/c1-12(11-24-17-9-5-3-7-14(17)19)20-18(23)10-16-13-6-2-4-8-15(13)21-22-16/h2-9,12H,10-11H2,1H3,(H,20,23)(H,21,22)/t12-/m1/s1. The molecule has 24 heavy (non-hydrogen) atoms. The van der Waals surface area contributed by atoms with Crippen LogP contribution in [0.3, 0.4) is 0 Å². The highest BCUT2D eigenvalue weighted by Gasteiger charge is 2.13. The molecule has 1 aromatic heterocycles. The summed E-state index contributed by atoms with van der Waals surface area (Å²) in [5, 5.41) is 10.8. The predicted molar refractivity (Wildman–Crippen MR) is 89.3 cm³/mol. The average molecular weight is 327 g/mol. The van der Waals surface area contributed by atoms with Crippen LogP contribution in [0, 0.1) is 5.82 Å². The van der Waals surface area contributed by atoms with E-state index in [9.17, 15) is 9.18 Å². The number of rotatable bonds is 6. The van der Waals surface area contributed by atoms with E-state index in [2.05, 4.69) is 15.5 Å². The van der Waals surface area contributed by atoms with E-state index in [1.54, 1.807) is 18.2 Å². The fourth-order valence-corrected chi connectivity index (χ4v) is 2.45. The van der Waals surface area contributed by atoms with Crippen LogP contribution < -0.4 is 10.1 Å². The smallest absolute Gasteiger partial charge is 0.226 e. The first kappa shape index (κ1) is 16.0. The van der Waals surface area contributed by atoms with Crippen LogP contribution in [0.4, 0.5) is 4.39 Å². The normalized spacial score (nSPS) is 12.1. The largest absolute Gasteiger partial charge is 0.488 e. The molecule has 0 saturated carbocycles. The molecule has 124 valence electrons. The van der Waals surface area contributed by atoms with Crippen molar-refractivity contribution >= 4 is 16.8 Å². The Morgan fingerprint density at radius 1 is 1.25 bits per heavy atom. The fraction of sp³-hybridized carbons (Fsp3) is 0.222. The quantitative estimate of drug-likeness (QED) is 0.731. The molecule has 6 heteroatoms. The van der Waals surface area contributed by atoms with Gasteiger partial charge in [-0.3, -0.25) is 9.89 Å². The van der Waals surface area contributed by atoms with Gasteiger partial charge in [-0.05, 0) is 25.1 Å². The number of hydrogen-bond donors (Lipinski definition) is 2. The Labute approximate surface area is 138 Å². The first-order valence-corrected chi connectivity index (χ1v) is 7.72. The average Bonchev–Trinajstić information content (AvgIpc) is 2.97. The maximum absolute atomic E-state index is 13.5. The van der Waals surface area contributed by atoms with E-state index in [0.717, 1.165) is 16.6 Å². The number of carbonyl (C=O) groups is 1. The second-order valence-corrected chi connectivity index (χ2v) is 5.61. The van der Waals surface area contributed by atoms with Crippen LogP contribution in [0.15, 0.2) is 48.5 Å². The van der Waals surface area contributed by atoms with Crippen molar-refractivity contribution in [1.82, 2.24) is 15.5 Å². The van der Waals surface area contributed by atoms with Crippen molar-refractivity contribution in [2.24, 2.45) is 0 Å².